The number of hydrogen-bond donors (Lipinski definition) is 1. The number of carbonyl (C=O) groups is 1. The molecular weight excluding hydrogens is 284 g/mol. The number of hydrogen-bond acceptors (Lipinski definition) is 2. The van der Waals surface area contributed by atoms with Gasteiger partial charge in [-0.15, -0.1) is 0 Å². The summed E-state index contributed by atoms with van der Waals surface area (Å²) in [7, 11) is 0. The van der Waals surface area contributed by atoms with E-state index in [0.717, 1.165) is 18.4 Å². The summed E-state index contributed by atoms with van der Waals surface area (Å²) in [5, 5.41) is 9.78. The fourth-order valence-electron chi connectivity index (χ4n) is 2.63. The Balaban J connectivity index is 2.05. The minimum Gasteiger partial charge on any atom is -0.382 e. The number of ketones is 1. The lowest BCUT2D eigenvalue weighted by atomic mass is 9.95. The van der Waals surface area contributed by atoms with Gasteiger partial charge in [0, 0.05) is 5.56 Å². The van der Waals surface area contributed by atoms with Gasteiger partial charge in [-0.05, 0) is 49.3 Å². The van der Waals surface area contributed by atoms with Crippen LogP contribution in [0.4, 0.5) is 0 Å². The van der Waals surface area contributed by atoms with E-state index in [0.29, 0.717) is 11.5 Å². The molecule has 0 aromatic heterocycles. The van der Waals surface area contributed by atoms with E-state index < -0.39 is 5.60 Å². The van der Waals surface area contributed by atoms with Gasteiger partial charge in [0.1, 0.15) is 5.60 Å². The Kier molecular flexibility index (Phi) is 5.38. The highest BCUT2D eigenvalue weighted by molar-refractivity contribution is 6.01. The molecule has 0 spiro atoms. The summed E-state index contributed by atoms with van der Waals surface area (Å²) in [6.45, 7) is 7.48. The molecule has 0 atom stereocenters. The van der Waals surface area contributed by atoms with Crippen molar-refractivity contribution in [2.45, 2.75) is 46.1 Å². The van der Waals surface area contributed by atoms with Crippen LogP contribution in [-0.2, 0) is 12.8 Å². The van der Waals surface area contributed by atoms with Crippen LogP contribution in [0.15, 0.2) is 48.5 Å². The SMILES string of the molecule is CC(C)Cc1ccc(Cc2ccc(C(=O)C(C)(C)O)cc2)cc1. The summed E-state index contributed by atoms with van der Waals surface area (Å²) >= 11 is 0. The molecular formula is C21H26O2. The third-order valence-corrected chi connectivity index (χ3v) is 3.85. The van der Waals surface area contributed by atoms with E-state index in [1.807, 2.05) is 12.1 Å². The lowest BCUT2D eigenvalue weighted by Crippen LogP contribution is -2.31. The Labute approximate surface area is 139 Å². The van der Waals surface area contributed by atoms with Crippen LogP contribution in [0.1, 0.15) is 54.7 Å². The molecule has 0 fully saturated rings. The summed E-state index contributed by atoms with van der Waals surface area (Å²) in [4.78, 5) is 12.0. The Morgan fingerprint density at radius 2 is 1.35 bits per heavy atom. The quantitative estimate of drug-likeness (QED) is 0.801. The average Bonchev–Trinajstić information content (AvgIpc) is 2.48. The smallest absolute Gasteiger partial charge is 0.193 e. The maximum Gasteiger partial charge on any atom is 0.193 e. The third kappa shape index (κ3) is 5.04. The first-order chi connectivity index (χ1) is 10.8. The highest BCUT2D eigenvalue weighted by atomic mass is 16.3. The molecule has 0 bridgehead atoms. The molecule has 2 rings (SSSR count). The minimum absolute atomic E-state index is 0.248. The van der Waals surface area contributed by atoms with Gasteiger partial charge < -0.3 is 5.11 Å². The van der Waals surface area contributed by atoms with Gasteiger partial charge in [0.05, 0.1) is 0 Å². The Morgan fingerprint density at radius 1 is 0.913 bits per heavy atom. The number of rotatable bonds is 6. The lowest BCUT2D eigenvalue weighted by molar-refractivity contribution is 0.0488. The van der Waals surface area contributed by atoms with Gasteiger partial charge >= 0.3 is 0 Å². The van der Waals surface area contributed by atoms with Crippen LogP contribution in [0.3, 0.4) is 0 Å². The van der Waals surface area contributed by atoms with Gasteiger partial charge in [0.2, 0.25) is 0 Å². The standard InChI is InChI=1S/C21H26O2/c1-15(2)13-16-5-7-17(8-6-16)14-18-9-11-19(12-10-18)20(22)21(3,4)23/h5-12,15,23H,13-14H2,1-4H3. The van der Waals surface area contributed by atoms with E-state index in [1.165, 1.54) is 25.0 Å². The molecule has 0 aliphatic rings. The van der Waals surface area contributed by atoms with E-state index in [9.17, 15) is 9.90 Å². The molecule has 0 heterocycles. The van der Waals surface area contributed by atoms with Crippen LogP contribution >= 0.6 is 0 Å². The van der Waals surface area contributed by atoms with Crippen LogP contribution in [-0.4, -0.2) is 16.5 Å². The van der Waals surface area contributed by atoms with Gasteiger partial charge in [-0.25, -0.2) is 0 Å². The number of aliphatic hydroxyl groups is 1. The van der Waals surface area contributed by atoms with Crippen LogP contribution in [0.25, 0.3) is 0 Å². The number of Topliss-reactive ketones (excluding diaryl/α,β-unsaturated/α-hetero) is 1. The van der Waals surface area contributed by atoms with Crippen molar-refractivity contribution in [1.29, 1.82) is 0 Å². The first-order valence-corrected chi connectivity index (χ1v) is 8.19. The molecule has 2 aromatic carbocycles. The predicted molar refractivity (Wildman–Crippen MR) is 94.9 cm³/mol. The largest absolute Gasteiger partial charge is 0.382 e. The topological polar surface area (TPSA) is 37.3 Å². The van der Waals surface area contributed by atoms with Crippen molar-refractivity contribution < 1.29 is 9.90 Å². The average molecular weight is 310 g/mol. The molecule has 0 amide bonds. The van der Waals surface area contributed by atoms with Crippen LogP contribution in [0.2, 0.25) is 0 Å². The van der Waals surface area contributed by atoms with E-state index in [2.05, 4.69) is 38.1 Å². The normalized spacial score (nSPS) is 11.7. The summed E-state index contributed by atoms with van der Waals surface area (Å²) in [6.07, 6.45) is 1.95. The van der Waals surface area contributed by atoms with Crippen molar-refractivity contribution in [2.75, 3.05) is 0 Å². The Bertz CT molecular complexity index is 644. The maximum absolute atomic E-state index is 12.0. The molecule has 23 heavy (non-hydrogen) atoms. The van der Waals surface area contributed by atoms with E-state index in [1.54, 1.807) is 12.1 Å². The fourth-order valence-corrected chi connectivity index (χ4v) is 2.63. The first-order valence-electron chi connectivity index (χ1n) is 8.19. The molecule has 2 heteroatoms. The summed E-state index contributed by atoms with van der Waals surface area (Å²) in [6, 6.07) is 16.2. The number of carbonyl (C=O) groups excluding carboxylic acids is 1. The Hall–Kier alpha value is -1.93. The van der Waals surface area contributed by atoms with Crippen molar-refractivity contribution in [3.8, 4) is 0 Å². The van der Waals surface area contributed by atoms with Crippen molar-refractivity contribution in [3.63, 3.8) is 0 Å². The van der Waals surface area contributed by atoms with Gasteiger partial charge in [-0.2, -0.15) is 0 Å². The summed E-state index contributed by atoms with van der Waals surface area (Å²) < 4.78 is 0. The first kappa shape index (κ1) is 17.4. The van der Waals surface area contributed by atoms with Gasteiger partial charge in [-0.1, -0.05) is 62.4 Å². The van der Waals surface area contributed by atoms with Gasteiger partial charge in [0.15, 0.2) is 5.78 Å². The minimum atomic E-state index is -1.33. The van der Waals surface area contributed by atoms with Crippen molar-refractivity contribution >= 4 is 5.78 Å². The summed E-state index contributed by atoms with van der Waals surface area (Å²) in [5.74, 6) is 0.420. The third-order valence-electron chi connectivity index (χ3n) is 3.85. The molecule has 122 valence electrons. The highest BCUT2D eigenvalue weighted by Crippen LogP contribution is 2.16. The monoisotopic (exact) mass is 310 g/mol. The second-order valence-corrected chi connectivity index (χ2v) is 7.18. The zero-order valence-electron chi connectivity index (χ0n) is 14.5. The second-order valence-electron chi connectivity index (χ2n) is 7.18. The fraction of sp³-hybridized carbons (Fsp3) is 0.381. The molecule has 0 saturated carbocycles. The van der Waals surface area contributed by atoms with Crippen molar-refractivity contribution in [2.24, 2.45) is 5.92 Å². The van der Waals surface area contributed by atoms with Crippen molar-refractivity contribution in [3.05, 3.63) is 70.8 Å². The molecule has 0 unspecified atom stereocenters. The van der Waals surface area contributed by atoms with Gasteiger partial charge in [-0.3, -0.25) is 4.79 Å². The van der Waals surface area contributed by atoms with Crippen LogP contribution in [0, 0.1) is 5.92 Å². The maximum atomic E-state index is 12.0. The van der Waals surface area contributed by atoms with Crippen molar-refractivity contribution in [1.82, 2.24) is 0 Å². The molecule has 0 aliphatic carbocycles. The zero-order valence-corrected chi connectivity index (χ0v) is 14.5. The summed E-state index contributed by atoms with van der Waals surface area (Å²) in [5.41, 5.74) is 3.02. The van der Waals surface area contributed by atoms with E-state index >= 15 is 0 Å². The molecule has 0 radical (unpaired) electrons. The predicted octanol–water partition coefficient (Wildman–Crippen LogP) is 4.43. The molecule has 0 saturated heterocycles. The lowest BCUT2D eigenvalue weighted by Gasteiger charge is -2.15. The van der Waals surface area contributed by atoms with E-state index in [4.69, 9.17) is 0 Å². The van der Waals surface area contributed by atoms with E-state index in [-0.39, 0.29) is 5.78 Å². The number of benzene rings is 2. The molecule has 2 aromatic rings. The molecule has 1 N–H and O–H groups in total. The van der Waals surface area contributed by atoms with Gasteiger partial charge in [0.25, 0.3) is 0 Å². The van der Waals surface area contributed by atoms with Crippen LogP contribution in [0.5, 0.6) is 0 Å². The Morgan fingerprint density at radius 3 is 1.78 bits per heavy atom. The molecule has 2 nitrogen and oxygen atoms in total. The highest BCUT2D eigenvalue weighted by Gasteiger charge is 2.24. The molecule has 0 aliphatic heterocycles. The van der Waals surface area contributed by atoms with Crippen LogP contribution < -0.4 is 0 Å². The zero-order chi connectivity index (χ0) is 17.0. The second kappa shape index (κ2) is 7.10.